The molecule has 0 aliphatic heterocycles. The Balaban J connectivity index is 2.17. The molecule has 1 unspecified atom stereocenters. The Kier molecular flexibility index (Phi) is 5.17. The highest BCUT2D eigenvalue weighted by Gasteiger charge is 2.17. The molecule has 0 radical (unpaired) electrons. The Morgan fingerprint density at radius 1 is 1.24 bits per heavy atom. The molecular weight excluding hydrogens is 276 g/mol. The molecule has 0 saturated carbocycles. The second kappa shape index (κ2) is 6.71. The van der Waals surface area contributed by atoms with Gasteiger partial charge in [0.05, 0.1) is 5.01 Å². The molecule has 2 nitrogen and oxygen atoms in total. The maximum absolute atomic E-state index is 4.39. The van der Waals surface area contributed by atoms with Crippen molar-refractivity contribution in [2.45, 2.75) is 52.5 Å². The zero-order valence-electron chi connectivity index (χ0n) is 13.7. The first kappa shape index (κ1) is 16.2. The van der Waals surface area contributed by atoms with Gasteiger partial charge in [-0.3, -0.25) is 0 Å². The first-order valence-electron chi connectivity index (χ1n) is 7.56. The van der Waals surface area contributed by atoms with Gasteiger partial charge in [-0.1, -0.05) is 29.8 Å². The molecule has 0 aliphatic rings. The van der Waals surface area contributed by atoms with Crippen molar-refractivity contribution in [2.24, 2.45) is 0 Å². The van der Waals surface area contributed by atoms with Gasteiger partial charge in [0.15, 0.2) is 0 Å². The Morgan fingerprint density at radius 3 is 2.57 bits per heavy atom. The number of hydrogen-bond donors (Lipinski definition) is 1. The summed E-state index contributed by atoms with van der Waals surface area (Å²) in [5, 5.41) is 4.80. The third kappa shape index (κ3) is 5.25. The smallest absolute Gasteiger partial charge is 0.0896 e. The lowest BCUT2D eigenvalue weighted by molar-refractivity contribution is 0.405. The molecule has 2 rings (SSSR count). The number of rotatable bonds is 5. The molecule has 1 N–H and O–H groups in total. The van der Waals surface area contributed by atoms with Crippen LogP contribution in [0.1, 0.15) is 47.7 Å². The molecule has 1 aromatic carbocycles. The van der Waals surface area contributed by atoms with Crippen LogP contribution in [0.3, 0.4) is 0 Å². The number of aryl methyl sites for hydroxylation is 2. The minimum absolute atomic E-state index is 0.145. The topological polar surface area (TPSA) is 24.9 Å². The summed E-state index contributed by atoms with van der Waals surface area (Å²) in [6.45, 7) is 11.9. The molecule has 114 valence electrons. The van der Waals surface area contributed by atoms with Crippen molar-refractivity contribution in [3.05, 3.63) is 51.5 Å². The van der Waals surface area contributed by atoms with Gasteiger partial charge in [-0.15, -0.1) is 11.3 Å². The van der Waals surface area contributed by atoms with Gasteiger partial charge in [-0.05, 0) is 46.6 Å². The van der Waals surface area contributed by atoms with Crippen LogP contribution in [0.25, 0.3) is 0 Å². The molecule has 0 aliphatic carbocycles. The summed E-state index contributed by atoms with van der Waals surface area (Å²) < 4.78 is 0. The van der Waals surface area contributed by atoms with Crippen LogP contribution in [0, 0.1) is 13.8 Å². The van der Waals surface area contributed by atoms with Gasteiger partial charge < -0.3 is 5.32 Å². The highest BCUT2D eigenvalue weighted by molar-refractivity contribution is 7.11. The molecule has 0 bridgehead atoms. The van der Waals surface area contributed by atoms with E-state index >= 15 is 0 Å². The van der Waals surface area contributed by atoms with E-state index < -0.39 is 0 Å². The van der Waals surface area contributed by atoms with Gasteiger partial charge in [-0.2, -0.15) is 0 Å². The van der Waals surface area contributed by atoms with Crippen LogP contribution >= 0.6 is 11.3 Å². The van der Waals surface area contributed by atoms with Crippen LogP contribution in [-0.4, -0.2) is 17.1 Å². The van der Waals surface area contributed by atoms with E-state index in [1.54, 1.807) is 0 Å². The average molecular weight is 302 g/mol. The summed E-state index contributed by atoms with van der Waals surface area (Å²) >= 11 is 1.81. The van der Waals surface area contributed by atoms with E-state index in [1.165, 1.54) is 16.0 Å². The van der Waals surface area contributed by atoms with Gasteiger partial charge in [0.1, 0.15) is 0 Å². The minimum Gasteiger partial charge on any atom is -0.311 e. The SMILES string of the molecule is Cc1cccc(C(CNC(C)(C)C)Cc2cnc(C)s2)c1. The maximum atomic E-state index is 4.39. The lowest BCUT2D eigenvalue weighted by Crippen LogP contribution is -2.39. The summed E-state index contributed by atoms with van der Waals surface area (Å²) in [7, 11) is 0. The third-order valence-corrected chi connectivity index (χ3v) is 4.44. The Bertz CT molecular complexity index is 581. The Morgan fingerprint density at radius 2 is 2.00 bits per heavy atom. The van der Waals surface area contributed by atoms with E-state index in [0.717, 1.165) is 18.0 Å². The number of aromatic nitrogens is 1. The predicted octanol–water partition coefficient (Wildman–Crippen LogP) is 4.47. The summed E-state index contributed by atoms with van der Waals surface area (Å²) in [5.74, 6) is 0.490. The second-order valence-corrected chi connectivity index (χ2v) is 8.11. The van der Waals surface area contributed by atoms with Crippen molar-refractivity contribution >= 4 is 11.3 Å². The van der Waals surface area contributed by atoms with Crippen molar-refractivity contribution in [3.8, 4) is 0 Å². The molecular formula is C18H26N2S. The summed E-state index contributed by atoms with van der Waals surface area (Å²) in [6, 6.07) is 8.88. The first-order chi connectivity index (χ1) is 9.83. The second-order valence-electron chi connectivity index (χ2n) is 6.79. The van der Waals surface area contributed by atoms with E-state index in [9.17, 15) is 0 Å². The van der Waals surface area contributed by atoms with Crippen LogP contribution in [0.15, 0.2) is 30.5 Å². The Hall–Kier alpha value is -1.19. The standard InChI is InChI=1S/C18H26N2S/c1-13-7-6-8-15(9-13)16(11-20-18(3,4)5)10-17-12-19-14(2)21-17/h6-9,12,16,20H,10-11H2,1-5H3. The molecule has 0 saturated heterocycles. The van der Waals surface area contributed by atoms with Gasteiger partial charge in [0, 0.05) is 29.1 Å². The number of benzene rings is 1. The van der Waals surface area contributed by atoms with Crippen LogP contribution in [0.5, 0.6) is 0 Å². The molecule has 3 heteroatoms. The number of hydrogen-bond acceptors (Lipinski definition) is 3. The van der Waals surface area contributed by atoms with Crippen molar-refractivity contribution < 1.29 is 0 Å². The molecule has 2 aromatic rings. The highest BCUT2D eigenvalue weighted by Crippen LogP contribution is 2.25. The van der Waals surface area contributed by atoms with Crippen LogP contribution < -0.4 is 5.32 Å². The molecule has 0 spiro atoms. The fourth-order valence-electron chi connectivity index (χ4n) is 2.40. The quantitative estimate of drug-likeness (QED) is 0.881. The van der Waals surface area contributed by atoms with Crippen molar-refractivity contribution in [3.63, 3.8) is 0 Å². The normalized spacial score (nSPS) is 13.4. The van der Waals surface area contributed by atoms with Gasteiger partial charge in [0.25, 0.3) is 0 Å². The number of thiazole rings is 1. The third-order valence-electron chi connectivity index (χ3n) is 3.51. The van der Waals surface area contributed by atoms with E-state index in [1.807, 2.05) is 17.5 Å². The minimum atomic E-state index is 0.145. The van der Waals surface area contributed by atoms with Gasteiger partial charge in [-0.25, -0.2) is 4.98 Å². The lowest BCUT2D eigenvalue weighted by Gasteiger charge is -2.25. The predicted molar refractivity (Wildman–Crippen MR) is 92.2 cm³/mol. The van der Waals surface area contributed by atoms with E-state index in [4.69, 9.17) is 0 Å². The van der Waals surface area contributed by atoms with Crippen LogP contribution in [0.4, 0.5) is 0 Å². The fourth-order valence-corrected chi connectivity index (χ4v) is 3.28. The molecule has 1 aromatic heterocycles. The summed E-state index contributed by atoms with van der Waals surface area (Å²) in [5.41, 5.74) is 2.89. The zero-order valence-corrected chi connectivity index (χ0v) is 14.6. The average Bonchev–Trinajstić information content (AvgIpc) is 2.79. The first-order valence-corrected chi connectivity index (χ1v) is 8.38. The monoisotopic (exact) mass is 302 g/mol. The highest BCUT2D eigenvalue weighted by atomic mass is 32.1. The molecule has 0 amide bonds. The molecule has 1 atom stereocenters. The number of nitrogens with zero attached hydrogens (tertiary/aromatic N) is 1. The van der Waals surface area contributed by atoms with E-state index in [-0.39, 0.29) is 5.54 Å². The molecule has 1 heterocycles. The zero-order chi connectivity index (χ0) is 15.5. The lowest BCUT2D eigenvalue weighted by atomic mass is 9.93. The largest absolute Gasteiger partial charge is 0.311 e. The number of nitrogens with one attached hydrogen (secondary N) is 1. The van der Waals surface area contributed by atoms with Crippen molar-refractivity contribution in [1.29, 1.82) is 0 Å². The molecule has 0 fully saturated rings. The van der Waals surface area contributed by atoms with Crippen molar-refractivity contribution in [2.75, 3.05) is 6.54 Å². The van der Waals surface area contributed by atoms with Gasteiger partial charge in [0.2, 0.25) is 0 Å². The molecule has 21 heavy (non-hydrogen) atoms. The van der Waals surface area contributed by atoms with Crippen molar-refractivity contribution in [1.82, 2.24) is 10.3 Å². The fraction of sp³-hybridized carbons (Fsp3) is 0.500. The Labute approximate surface area is 132 Å². The van der Waals surface area contributed by atoms with E-state index in [0.29, 0.717) is 5.92 Å². The van der Waals surface area contributed by atoms with Crippen LogP contribution in [-0.2, 0) is 6.42 Å². The summed E-state index contributed by atoms with van der Waals surface area (Å²) in [4.78, 5) is 5.76. The van der Waals surface area contributed by atoms with Gasteiger partial charge >= 0.3 is 0 Å². The van der Waals surface area contributed by atoms with Crippen LogP contribution in [0.2, 0.25) is 0 Å². The summed E-state index contributed by atoms with van der Waals surface area (Å²) in [6.07, 6.45) is 3.08. The van der Waals surface area contributed by atoms with E-state index in [2.05, 4.69) is 69.2 Å². The maximum Gasteiger partial charge on any atom is 0.0896 e.